The zero-order valence-corrected chi connectivity index (χ0v) is 14.0. The third kappa shape index (κ3) is 3.02. The molecule has 1 aromatic carbocycles. The van der Waals surface area contributed by atoms with Crippen LogP contribution in [-0.4, -0.2) is 17.0 Å². The minimum absolute atomic E-state index is 0.492. The second kappa shape index (κ2) is 5.64. The molecule has 1 aliphatic rings. The van der Waals surface area contributed by atoms with Gasteiger partial charge in [-0.15, -0.1) is 0 Å². The number of benzene rings is 1. The van der Waals surface area contributed by atoms with Crippen LogP contribution in [0, 0.1) is 13.8 Å². The van der Waals surface area contributed by atoms with Crippen LogP contribution in [-0.2, 0) is 0 Å². The lowest BCUT2D eigenvalue weighted by atomic mass is 10.2. The standard InChI is InChI=1S/C16H18BrN3O/c1-9-8-12(6-7-13(9)17)21-16-10(2)14(18-3)19-15(20-16)11-4-5-11/h6-8,11H,4-5H2,1-3H3,(H,18,19,20). The van der Waals surface area contributed by atoms with Gasteiger partial charge in [0.1, 0.15) is 17.4 Å². The second-order valence-electron chi connectivity index (χ2n) is 5.40. The number of hydrogen-bond acceptors (Lipinski definition) is 4. The SMILES string of the molecule is CNc1nc(C2CC2)nc(Oc2ccc(Br)c(C)c2)c1C. The van der Waals surface area contributed by atoms with E-state index in [1.165, 1.54) is 12.8 Å². The molecule has 21 heavy (non-hydrogen) atoms. The molecule has 1 N–H and O–H groups in total. The van der Waals surface area contributed by atoms with Crippen LogP contribution in [0.4, 0.5) is 5.82 Å². The smallest absolute Gasteiger partial charge is 0.227 e. The summed E-state index contributed by atoms with van der Waals surface area (Å²) in [6.45, 7) is 4.02. The molecule has 0 saturated heterocycles. The van der Waals surface area contributed by atoms with Crippen molar-refractivity contribution in [3.8, 4) is 11.6 Å². The van der Waals surface area contributed by atoms with Gasteiger partial charge < -0.3 is 10.1 Å². The van der Waals surface area contributed by atoms with Crippen molar-refractivity contribution in [3.05, 3.63) is 39.6 Å². The molecule has 0 unspecified atom stereocenters. The quantitative estimate of drug-likeness (QED) is 0.879. The van der Waals surface area contributed by atoms with Crippen molar-refractivity contribution in [3.63, 3.8) is 0 Å². The van der Waals surface area contributed by atoms with Crippen molar-refractivity contribution >= 4 is 21.7 Å². The predicted octanol–water partition coefficient (Wildman–Crippen LogP) is 4.57. The molecule has 1 aromatic heterocycles. The highest BCUT2D eigenvalue weighted by molar-refractivity contribution is 9.10. The van der Waals surface area contributed by atoms with E-state index in [1.54, 1.807) is 0 Å². The van der Waals surface area contributed by atoms with Crippen LogP contribution in [0.1, 0.15) is 35.7 Å². The molecule has 3 rings (SSSR count). The highest BCUT2D eigenvalue weighted by atomic mass is 79.9. The van der Waals surface area contributed by atoms with Crippen LogP contribution in [0.3, 0.4) is 0 Å². The van der Waals surface area contributed by atoms with Crippen LogP contribution >= 0.6 is 15.9 Å². The van der Waals surface area contributed by atoms with E-state index in [-0.39, 0.29) is 0 Å². The number of aryl methyl sites for hydroxylation is 1. The van der Waals surface area contributed by atoms with Crippen LogP contribution in [0.2, 0.25) is 0 Å². The van der Waals surface area contributed by atoms with Crippen LogP contribution < -0.4 is 10.1 Å². The minimum atomic E-state index is 0.492. The number of nitrogens with one attached hydrogen (secondary N) is 1. The monoisotopic (exact) mass is 347 g/mol. The highest BCUT2D eigenvalue weighted by Gasteiger charge is 2.28. The molecule has 110 valence electrons. The maximum atomic E-state index is 5.99. The van der Waals surface area contributed by atoms with E-state index >= 15 is 0 Å². The molecule has 0 aliphatic heterocycles. The van der Waals surface area contributed by atoms with Crippen molar-refractivity contribution in [2.45, 2.75) is 32.6 Å². The zero-order valence-electron chi connectivity index (χ0n) is 12.4. The van der Waals surface area contributed by atoms with Crippen LogP contribution in [0.5, 0.6) is 11.6 Å². The summed E-state index contributed by atoms with van der Waals surface area (Å²) in [5.74, 6) is 3.65. The van der Waals surface area contributed by atoms with Gasteiger partial charge in [-0.05, 0) is 50.5 Å². The van der Waals surface area contributed by atoms with Gasteiger partial charge in [-0.1, -0.05) is 15.9 Å². The van der Waals surface area contributed by atoms with Crippen molar-refractivity contribution in [2.24, 2.45) is 0 Å². The number of nitrogens with zero attached hydrogens (tertiary/aromatic N) is 2. The van der Waals surface area contributed by atoms with Gasteiger partial charge in [-0.2, -0.15) is 4.98 Å². The molecule has 4 nitrogen and oxygen atoms in total. The van der Waals surface area contributed by atoms with Crippen molar-refractivity contribution in [1.82, 2.24) is 9.97 Å². The molecule has 0 bridgehead atoms. The summed E-state index contributed by atoms with van der Waals surface area (Å²) >= 11 is 3.50. The lowest BCUT2D eigenvalue weighted by Gasteiger charge is -2.13. The first-order valence-electron chi connectivity index (χ1n) is 7.08. The van der Waals surface area contributed by atoms with E-state index in [2.05, 4.69) is 31.2 Å². The topological polar surface area (TPSA) is 47.0 Å². The molecule has 1 fully saturated rings. The average Bonchev–Trinajstić information content (AvgIpc) is 3.29. The molecular formula is C16H18BrN3O. The lowest BCUT2D eigenvalue weighted by molar-refractivity contribution is 0.454. The number of aromatic nitrogens is 2. The van der Waals surface area contributed by atoms with Crippen molar-refractivity contribution in [1.29, 1.82) is 0 Å². The number of ether oxygens (including phenoxy) is 1. The number of rotatable bonds is 4. The Balaban J connectivity index is 1.96. The molecule has 1 heterocycles. The lowest BCUT2D eigenvalue weighted by Crippen LogP contribution is -2.04. The maximum Gasteiger partial charge on any atom is 0.227 e. The molecular weight excluding hydrogens is 330 g/mol. The average molecular weight is 348 g/mol. The first-order chi connectivity index (χ1) is 10.1. The summed E-state index contributed by atoms with van der Waals surface area (Å²) in [6.07, 6.45) is 2.34. The summed E-state index contributed by atoms with van der Waals surface area (Å²) < 4.78 is 7.07. The van der Waals surface area contributed by atoms with E-state index in [9.17, 15) is 0 Å². The van der Waals surface area contributed by atoms with Gasteiger partial charge in [-0.3, -0.25) is 0 Å². The Hall–Kier alpha value is -1.62. The molecule has 0 radical (unpaired) electrons. The first-order valence-corrected chi connectivity index (χ1v) is 7.88. The Bertz CT molecular complexity index is 683. The number of anilines is 1. The fraction of sp³-hybridized carbons (Fsp3) is 0.375. The molecule has 0 spiro atoms. The Kier molecular flexibility index (Phi) is 3.85. The molecule has 5 heteroatoms. The van der Waals surface area contributed by atoms with Crippen molar-refractivity contribution < 1.29 is 4.74 Å². The van der Waals surface area contributed by atoms with Crippen LogP contribution in [0.15, 0.2) is 22.7 Å². The summed E-state index contributed by atoms with van der Waals surface area (Å²) in [5, 5.41) is 3.13. The zero-order chi connectivity index (χ0) is 15.0. The molecule has 0 atom stereocenters. The van der Waals surface area contributed by atoms with Gasteiger partial charge in [0.15, 0.2) is 0 Å². The normalized spacial score (nSPS) is 14.1. The Morgan fingerprint density at radius 2 is 2.00 bits per heavy atom. The van der Waals surface area contributed by atoms with Gasteiger partial charge in [0, 0.05) is 17.4 Å². The summed E-state index contributed by atoms with van der Waals surface area (Å²) in [4.78, 5) is 9.18. The van der Waals surface area contributed by atoms with E-state index in [4.69, 9.17) is 4.74 Å². The molecule has 1 saturated carbocycles. The fourth-order valence-electron chi connectivity index (χ4n) is 2.17. The molecule has 1 aliphatic carbocycles. The largest absolute Gasteiger partial charge is 0.439 e. The maximum absolute atomic E-state index is 5.99. The highest BCUT2D eigenvalue weighted by Crippen LogP contribution is 2.40. The Morgan fingerprint density at radius 1 is 1.24 bits per heavy atom. The minimum Gasteiger partial charge on any atom is -0.439 e. The van der Waals surface area contributed by atoms with Crippen LogP contribution in [0.25, 0.3) is 0 Å². The fourth-order valence-corrected chi connectivity index (χ4v) is 2.42. The van der Waals surface area contributed by atoms with E-state index in [1.807, 2.05) is 39.1 Å². The Morgan fingerprint density at radius 3 is 2.62 bits per heavy atom. The van der Waals surface area contributed by atoms with Gasteiger partial charge in [0.2, 0.25) is 5.88 Å². The van der Waals surface area contributed by atoms with Gasteiger partial charge >= 0.3 is 0 Å². The van der Waals surface area contributed by atoms with E-state index in [0.29, 0.717) is 11.8 Å². The third-order valence-electron chi connectivity index (χ3n) is 3.64. The number of halogens is 1. The molecule has 2 aromatic rings. The Labute approximate surface area is 133 Å². The molecule has 0 amide bonds. The van der Waals surface area contributed by atoms with Gasteiger partial charge in [0.25, 0.3) is 0 Å². The van der Waals surface area contributed by atoms with E-state index in [0.717, 1.165) is 33.0 Å². The second-order valence-corrected chi connectivity index (χ2v) is 6.25. The first kappa shape index (κ1) is 14.3. The number of hydrogen-bond donors (Lipinski definition) is 1. The van der Waals surface area contributed by atoms with Crippen molar-refractivity contribution in [2.75, 3.05) is 12.4 Å². The third-order valence-corrected chi connectivity index (χ3v) is 4.53. The van der Waals surface area contributed by atoms with E-state index < -0.39 is 0 Å². The summed E-state index contributed by atoms with van der Waals surface area (Å²) in [7, 11) is 1.87. The van der Waals surface area contributed by atoms with Gasteiger partial charge in [-0.25, -0.2) is 4.98 Å². The summed E-state index contributed by atoms with van der Waals surface area (Å²) in [6, 6.07) is 5.93. The summed E-state index contributed by atoms with van der Waals surface area (Å²) in [5.41, 5.74) is 2.07. The predicted molar refractivity (Wildman–Crippen MR) is 87.2 cm³/mol. The van der Waals surface area contributed by atoms with Gasteiger partial charge in [0.05, 0.1) is 5.56 Å².